The van der Waals surface area contributed by atoms with Crippen molar-refractivity contribution in [3.8, 4) is 6.07 Å². The van der Waals surface area contributed by atoms with Crippen LogP contribution in [0.1, 0.15) is 19.1 Å². The van der Waals surface area contributed by atoms with Gasteiger partial charge in [0.25, 0.3) is 0 Å². The molecule has 3 N–H and O–H groups in total. The predicted octanol–water partition coefficient (Wildman–Crippen LogP) is -0.365. The third-order valence-corrected chi connectivity index (χ3v) is 3.06. The van der Waals surface area contributed by atoms with Crippen molar-refractivity contribution >= 4 is 5.82 Å². The van der Waals surface area contributed by atoms with Crippen molar-refractivity contribution < 1.29 is 9.84 Å². The number of ether oxygens (including phenoxy) is 1. The zero-order valence-corrected chi connectivity index (χ0v) is 9.69. The van der Waals surface area contributed by atoms with E-state index in [2.05, 4.69) is 11.1 Å². The van der Waals surface area contributed by atoms with Gasteiger partial charge in [-0.15, -0.1) is 0 Å². The van der Waals surface area contributed by atoms with Crippen molar-refractivity contribution in [1.29, 1.82) is 5.26 Å². The van der Waals surface area contributed by atoms with Gasteiger partial charge in [-0.05, 0) is 12.5 Å². The molecule has 18 heavy (non-hydrogen) atoms. The van der Waals surface area contributed by atoms with Gasteiger partial charge in [-0.3, -0.25) is 4.57 Å². The summed E-state index contributed by atoms with van der Waals surface area (Å²) in [4.78, 5) is 15.3. The molecule has 0 aliphatic carbocycles. The van der Waals surface area contributed by atoms with E-state index in [1.165, 1.54) is 16.8 Å². The van der Waals surface area contributed by atoms with Gasteiger partial charge < -0.3 is 15.6 Å². The lowest BCUT2D eigenvalue weighted by molar-refractivity contribution is -0.0321. The highest BCUT2D eigenvalue weighted by Gasteiger charge is 2.35. The molecule has 1 aromatic heterocycles. The predicted molar refractivity (Wildman–Crippen MR) is 62.2 cm³/mol. The average molecular weight is 250 g/mol. The van der Waals surface area contributed by atoms with E-state index in [-0.39, 0.29) is 18.3 Å². The third-order valence-electron chi connectivity index (χ3n) is 3.06. The molecule has 0 bridgehead atoms. The third kappa shape index (κ3) is 2.34. The summed E-state index contributed by atoms with van der Waals surface area (Å²) < 4.78 is 6.89. The molecule has 1 saturated heterocycles. The van der Waals surface area contributed by atoms with Crippen LogP contribution in [-0.4, -0.2) is 27.4 Å². The number of rotatable bonds is 3. The highest BCUT2D eigenvalue weighted by molar-refractivity contribution is 5.23. The van der Waals surface area contributed by atoms with Gasteiger partial charge in [-0.2, -0.15) is 10.2 Å². The van der Waals surface area contributed by atoms with Gasteiger partial charge in [0.15, 0.2) is 0 Å². The Balaban J connectivity index is 2.21. The molecule has 2 heterocycles. The normalized spacial score (nSPS) is 27.0. The number of hydrogen-bond acceptors (Lipinski definition) is 6. The Morgan fingerprint density at radius 2 is 2.50 bits per heavy atom. The van der Waals surface area contributed by atoms with Crippen molar-refractivity contribution in [1.82, 2.24) is 9.55 Å². The molecule has 96 valence electrons. The SMILES string of the molecule is N#CC[C@H]1C[C@H](n2ccc(N)nc2=O)O[C@@H]1CO. The van der Waals surface area contributed by atoms with E-state index >= 15 is 0 Å². The summed E-state index contributed by atoms with van der Waals surface area (Å²) in [5.41, 5.74) is 4.91. The van der Waals surface area contributed by atoms with Gasteiger partial charge in [0.05, 0.1) is 18.8 Å². The standard InChI is InChI=1S/C11H14N4O3/c12-3-1-7-5-10(18-8(7)6-16)15-4-2-9(13)14-11(15)17/h2,4,7-8,10,16H,1,5-6H2,(H2,13,14,17)/t7-,8+,10+/m0/s1. The second kappa shape index (κ2) is 5.16. The van der Waals surface area contributed by atoms with Crippen molar-refractivity contribution in [3.05, 3.63) is 22.7 Å². The summed E-state index contributed by atoms with van der Waals surface area (Å²) in [5, 5.41) is 17.9. The molecular weight excluding hydrogens is 236 g/mol. The topological polar surface area (TPSA) is 114 Å². The molecule has 2 rings (SSSR count). The van der Waals surface area contributed by atoms with Crippen LogP contribution in [0.3, 0.4) is 0 Å². The Morgan fingerprint density at radius 1 is 1.72 bits per heavy atom. The van der Waals surface area contributed by atoms with E-state index in [0.29, 0.717) is 12.8 Å². The lowest BCUT2D eigenvalue weighted by Crippen LogP contribution is -2.27. The Kier molecular flexibility index (Phi) is 3.60. The summed E-state index contributed by atoms with van der Waals surface area (Å²) >= 11 is 0. The largest absolute Gasteiger partial charge is 0.394 e. The summed E-state index contributed by atoms with van der Waals surface area (Å²) in [6.45, 7) is -0.167. The second-order valence-corrected chi connectivity index (χ2v) is 4.21. The fourth-order valence-electron chi connectivity index (χ4n) is 2.13. The van der Waals surface area contributed by atoms with Crippen LogP contribution in [0.5, 0.6) is 0 Å². The fourth-order valence-corrected chi connectivity index (χ4v) is 2.13. The lowest BCUT2D eigenvalue weighted by Gasteiger charge is -2.14. The number of nitrogen functional groups attached to an aromatic ring is 1. The van der Waals surface area contributed by atoms with Crippen LogP contribution in [0.4, 0.5) is 5.82 Å². The molecule has 1 fully saturated rings. The van der Waals surface area contributed by atoms with E-state index in [1.54, 1.807) is 0 Å². The van der Waals surface area contributed by atoms with E-state index in [0.717, 1.165) is 0 Å². The molecule has 0 unspecified atom stereocenters. The molecule has 7 heteroatoms. The van der Waals surface area contributed by atoms with Crippen LogP contribution in [0.2, 0.25) is 0 Å². The molecule has 0 radical (unpaired) electrons. The van der Waals surface area contributed by atoms with E-state index in [9.17, 15) is 9.90 Å². The minimum Gasteiger partial charge on any atom is -0.394 e. The quantitative estimate of drug-likeness (QED) is 0.756. The van der Waals surface area contributed by atoms with Crippen molar-refractivity contribution in [3.63, 3.8) is 0 Å². The summed E-state index contributed by atoms with van der Waals surface area (Å²) in [5.74, 6) is 0.0796. The lowest BCUT2D eigenvalue weighted by atomic mass is 9.98. The molecule has 0 spiro atoms. The van der Waals surface area contributed by atoms with E-state index in [4.69, 9.17) is 15.7 Å². The van der Waals surface area contributed by atoms with Crippen molar-refractivity contribution in [2.45, 2.75) is 25.2 Å². The number of nitrogens with two attached hydrogens (primary N) is 1. The van der Waals surface area contributed by atoms with Gasteiger partial charge in [-0.25, -0.2) is 4.79 Å². The number of anilines is 1. The second-order valence-electron chi connectivity index (χ2n) is 4.21. The van der Waals surface area contributed by atoms with Crippen LogP contribution in [0, 0.1) is 17.2 Å². The van der Waals surface area contributed by atoms with Crippen LogP contribution < -0.4 is 11.4 Å². The van der Waals surface area contributed by atoms with Gasteiger partial charge in [-0.1, -0.05) is 0 Å². The molecule has 1 aliphatic rings. The first-order valence-corrected chi connectivity index (χ1v) is 5.63. The Morgan fingerprint density at radius 3 is 3.11 bits per heavy atom. The summed E-state index contributed by atoms with van der Waals surface area (Å²) in [6.07, 6.45) is 1.39. The van der Waals surface area contributed by atoms with E-state index < -0.39 is 18.0 Å². The van der Waals surface area contributed by atoms with Gasteiger partial charge in [0.2, 0.25) is 0 Å². The molecule has 1 aromatic rings. The Hall–Kier alpha value is -1.91. The molecule has 0 aromatic carbocycles. The summed E-state index contributed by atoms with van der Waals surface area (Å²) in [7, 11) is 0. The first-order valence-electron chi connectivity index (χ1n) is 5.63. The van der Waals surface area contributed by atoms with Crippen molar-refractivity contribution in [2.24, 2.45) is 5.92 Å². The number of nitrogens with zero attached hydrogens (tertiary/aromatic N) is 3. The molecule has 1 aliphatic heterocycles. The highest BCUT2D eigenvalue weighted by atomic mass is 16.5. The maximum atomic E-state index is 11.7. The number of aliphatic hydroxyl groups excluding tert-OH is 1. The van der Waals surface area contributed by atoms with E-state index in [1.807, 2.05) is 0 Å². The molecule has 0 saturated carbocycles. The zero-order valence-electron chi connectivity index (χ0n) is 9.69. The minimum absolute atomic E-state index is 0.0746. The minimum atomic E-state index is -0.499. The first kappa shape index (κ1) is 12.5. The van der Waals surface area contributed by atoms with Gasteiger partial charge in [0, 0.05) is 18.5 Å². The van der Waals surface area contributed by atoms with Crippen LogP contribution in [-0.2, 0) is 4.74 Å². The maximum Gasteiger partial charge on any atom is 0.351 e. The number of hydrogen-bond donors (Lipinski definition) is 2. The Labute approximate surface area is 103 Å². The monoisotopic (exact) mass is 250 g/mol. The highest BCUT2D eigenvalue weighted by Crippen LogP contribution is 2.34. The fraction of sp³-hybridized carbons (Fsp3) is 0.545. The number of nitriles is 1. The summed E-state index contributed by atoms with van der Waals surface area (Å²) in [6, 6.07) is 3.57. The zero-order chi connectivity index (χ0) is 13.1. The van der Waals surface area contributed by atoms with Crippen LogP contribution >= 0.6 is 0 Å². The van der Waals surface area contributed by atoms with Crippen LogP contribution in [0.25, 0.3) is 0 Å². The smallest absolute Gasteiger partial charge is 0.351 e. The molecular formula is C11H14N4O3. The Bertz CT molecular complexity index is 522. The average Bonchev–Trinajstić information content (AvgIpc) is 2.72. The van der Waals surface area contributed by atoms with Crippen LogP contribution in [0.15, 0.2) is 17.1 Å². The number of aliphatic hydroxyl groups is 1. The first-order chi connectivity index (χ1) is 8.65. The maximum absolute atomic E-state index is 11.7. The molecule has 7 nitrogen and oxygen atoms in total. The molecule has 3 atom stereocenters. The molecule has 0 amide bonds. The van der Waals surface area contributed by atoms with Gasteiger partial charge >= 0.3 is 5.69 Å². The number of aromatic nitrogens is 2. The van der Waals surface area contributed by atoms with Gasteiger partial charge in [0.1, 0.15) is 12.0 Å². The van der Waals surface area contributed by atoms with Crippen molar-refractivity contribution in [2.75, 3.05) is 12.3 Å².